The van der Waals surface area contributed by atoms with Crippen LogP contribution in [0.5, 0.6) is 0 Å². The molecular weight excluding hydrogens is 583 g/mol. The van der Waals surface area contributed by atoms with E-state index >= 15 is 0 Å². The van der Waals surface area contributed by atoms with Crippen LogP contribution in [-0.4, -0.2) is 17.1 Å². The largest absolute Gasteiger partial charge is 2.00 e. The second-order valence-corrected chi connectivity index (χ2v) is 8.18. The van der Waals surface area contributed by atoms with Crippen molar-refractivity contribution < 1.29 is 36.9 Å². The van der Waals surface area contributed by atoms with Crippen LogP contribution in [0.2, 0.25) is 10.0 Å². The SMILES string of the molecule is O=C([O-])c1ccc(Cl)cc1.O=C([O-])c1ccc(Cl)cc1.S=C(Nc1ccccc1)Nc1ccccc1.[Cu+2]. The number of carboxylic acids is 2. The third kappa shape index (κ3) is 12.9. The van der Waals surface area contributed by atoms with Gasteiger partial charge < -0.3 is 30.4 Å². The van der Waals surface area contributed by atoms with Crippen LogP contribution in [0.4, 0.5) is 11.4 Å². The molecule has 193 valence electrons. The van der Waals surface area contributed by atoms with Crippen LogP contribution in [-0.2, 0) is 17.1 Å². The average molecular weight is 603 g/mol. The summed E-state index contributed by atoms with van der Waals surface area (Å²) in [5.41, 5.74) is 2.25. The molecular formula is C27H20Cl2CuN2O4S. The third-order valence-corrected chi connectivity index (χ3v) is 4.93. The Bertz CT molecular complexity index is 1160. The number of halogens is 2. The first-order valence-corrected chi connectivity index (χ1v) is 11.5. The molecule has 0 bridgehead atoms. The fraction of sp³-hybridized carbons (Fsp3) is 0. The van der Waals surface area contributed by atoms with Gasteiger partial charge in [-0.2, -0.15) is 0 Å². The van der Waals surface area contributed by atoms with Crippen LogP contribution in [0.15, 0.2) is 109 Å². The first kappa shape index (κ1) is 31.6. The second kappa shape index (κ2) is 17.1. The Morgan fingerprint density at radius 1 is 0.568 bits per heavy atom. The molecule has 0 atom stereocenters. The molecule has 2 N–H and O–H groups in total. The van der Waals surface area contributed by atoms with E-state index in [1.165, 1.54) is 48.5 Å². The smallest absolute Gasteiger partial charge is 0.545 e. The van der Waals surface area contributed by atoms with E-state index in [1.54, 1.807) is 0 Å². The molecule has 4 rings (SSSR count). The van der Waals surface area contributed by atoms with Crippen molar-refractivity contribution in [2.24, 2.45) is 0 Å². The number of rotatable bonds is 4. The summed E-state index contributed by atoms with van der Waals surface area (Å²) in [6.45, 7) is 0. The normalized spacial score (nSPS) is 9.14. The van der Waals surface area contributed by atoms with Gasteiger partial charge >= 0.3 is 17.1 Å². The van der Waals surface area contributed by atoms with E-state index in [4.69, 9.17) is 35.4 Å². The first-order chi connectivity index (χ1) is 17.2. The van der Waals surface area contributed by atoms with E-state index in [2.05, 4.69) is 10.6 Å². The molecule has 0 aromatic heterocycles. The van der Waals surface area contributed by atoms with Gasteiger partial charge in [0.25, 0.3) is 0 Å². The number of para-hydroxylation sites is 2. The van der Waals surface area contributed by atoms with Crippen molar-refractivity contribution in [3.63, 3.8) is 0 Å². The van der Waals surface area contributed by atoms with Gasteiger partial charge in [0.05, 0.1) is 11.9 Å². The van der Waals surface area contributed by atoms with Gasteiger partial charge in [-0.05, 0) is 71.9 Å². The summed E-state index contributed by atoms with van der Waals surface area (Å²) in [6, 6.07) is 31.3. The second-order valence-electron chi connectivity index (χ2n) is 6.90. The van der Waals surface area contributed by atoms with Gasteiger partial charge in [0.1, 0.15) is 0 Å². The van der Waals surface area contributed by atoms with Crippen LogP contribution in [0.25, 0.3) is 0 Å². The monoisotopic (exact) mass is 601 g/mol. The van der Waals surface area contributed by atoms with Crippen LogP contribution < -0.4 is 20.8 Å². The zero-order chi connectivity index (χ0) is 26.3. The van der Waals surface area contributed by atoms with Crippen molar-refractivity contribution in [2.75, 3.05) is 10.6 Å². The number of thiocarbonyl (C=S) groups is 1. The van der Waals surface area contributed by atoms with E-state index in [0.29, 0.717) is 15.2 Å². The van der Waals surface area contributed by atoms with Crippen LogP contribution in [0.1, 0.15) is 20.7 Å². The zero-order valence-electron chi connectivity index (χ0n) is 19.0. The summed E-state index contributed by atoms with van der Waals surface area (Å²) >= 11 is 16.2. The first-order valence-electron chi connectivity index (χ1n) is 10.4. The van der Waals surface area contributed by atoms with Crippen molar-refractivity contribution in [1.29, 1.82) is 0 Å². The van der Waals surface area contributed by atoms with Crippen molar-refractivity contribution in [3.8, 4) is 0 Å². The predicted molar refractivity (Wildman–Crippen MR) is 144 cm³/mol. The molecule has 0 amide bonds. The van der Waals surface area contributed by atoms with Gasteiger partial charge in [-0.15, -0.1) is 0 Å². The minimum absolute atomic E-state index is 0. The number of carbonyl (C=O) groups excluding carboxylic acids is 2. The van der Waals surface area contributed by atoms with Crippen molar-refractivity contribution in [3.05, 3.63) is 130 Å². The molecule has 0 aliphatic heterocycles. The average Bonchev–Trinajstić information content (AvgIpc) is 2.86. The molecule has 4 aromatic carbocycles. The number of anilines is 2. The molecule has 6 nitrogen and oxygen atoms in total. The standard InChI is InChI=1S/C13H12N2S.2C7H5ClO2.Cu/c16-13(14-11-7-3-1-4-8-11)15-12-9-5-2-6-10-12;2*8-6-3-1-5(2-4-6)7(9)10;/h1-10H,(H2,14,15,16);2*1-4H,(H,9,10);/q;;;+2/p-2. The van der Waals surface area contributed by atoms with Gasteiger partial charge in [-0.3, -0.25) is 0 Å². The van der Waals surface area contributed by atoms with E-state index < -0.39 is 11.9 Å². The number of hydrogen-bond donors (Lipinski definition) is 2. The minimum atomic E-state index is -1.18. The number of carboxylic acid groups (broad SMARTS) is 2. The molecule has 0 saturated heterocycles. The van der Waals surface area contributed by atoms with Gasteiger partial charge in [0.2, 0.25) is 0 Å². The Morgan fingerprint density at radius 2 is 0.865 bits per heavy atom. The third-order valence-electron chi connectivity index (χ3n) is 4.22. The molecule has 0 unspecified atom stereocenters. The molecule has 10 heteroatoms. The molecule has 0 saturated carbocycles. The Kier molecular flexibility index (Phi) is 14.7. The van der Waals surface area contributed by atoms with Gasteiger partial charge in [-0.1, -0.05) is 83.9 Å². The van der Waals surface area contributed by atoms with Crippen LogP contribution in [0, 0.1) is 0 Å². The Labute approximate surface area is 240 Å². The number of aromatic carboxylic acids is 2. The molecule has 1 radical (unpaired) electrons. The van der Waals surface area contributed by atoms with E-state index in [-0.39, 0.29) is 28.2 Å². The van der Waals surface area contributed by atoms with Gasteiger partial charge in [0, 0.05) is 21.4 Å². The number of carbonyl (C=O) groups is 2. The zero-order valence-corrected chi connectivity index (χ0v) is 22.3. The molecule has 37 heavy (non-hydrogen) atoms. The quantitative estimate of drug-likeness (QED) is 0.253. The number of benzene rings is 4. The van der Waals surface area contributed by atoms with Gasteiger partial charge in [0.15, 0.2) is 5.11 Å². The topological polar surface area (TPSA) is 104 Å². The van der Waals surface area contributed by atoms with E-state index in [9.17, 15) is 19.8 Å². The molecule has 0 aliphatic carbocycles. The predicted octanol–water partition coefficient (Wildman–Crippen LogP) is 4.90. The maximum Gasteiger partial charge on any atom is 2.00 e. The summed E-state index contributed by atoms with van der Waals surface area (Å²) in [5, 5.41) is 28.2. The Balaban J connectivity index is 0.000000287. The van der Waals surface area contributed by atoms with Crippen molar-refractivity contribution in [1.82, 2.24) is 0 Å². The number of hydrogen-bond acceptors (Lipinski definition) is 5. The molecule has 0 fully saturated rings. The van der Waals surface area contributed by atoms with Crippen molar-refractivity contribution >= 4 is 63.8 Å². The summed E-state index contributed by atoms with van der Waals surface area (Å²) in [4.78, 5) is 20.3. The summed E-state index contributed by atoms with van der Waals surface area (Å²) < 4.78 is 0. The Morgan fingerprint density at radius 3 is 1.14 bits per heavy atom. The summed E-state index contributed by atoms with van der Waals surface area (Å²) in [5.74, 6) is -2.37. The number of nitrogens with one attached hydrogen (secondary N) is 2. The maximum absolute atomic E-state index is 10.2. The minimum Gasteiger partial charge on any atom is -0.545 e. The maximum atomic E-state index is 10.2. The van der Waals surface area contributed by atoms with Gasteiger partial charge in [-0.25, -0.2) is 0 Å². The summed E-state index contributed by atoms with van der Waals surface area (Å²) in [6.07, 6.45) is 0. The fourth-order valence-corrected chi connectivity index (χ4v) is 3.00. The van der Waals surface area contributed by atoms with Crippen molar-refractivity contribution in [2.45, 2.75) is 0 Å². The van der Waals surface area contributed by atoms with Crippen LogP contribution >= 0.6 is 35.4 Å². The molecule has 4 aromatic rings. The summed E-state index contributed by atoms with van der Waals surface area (Å²) in [7, 11) is 0. The molecule has 0 aliphatic rings. The van der Waals surface area contributed by atoms with E-state index in [1.807, 2.05) is 60.7 Å². The fourth-order valence-electron chi connectivity index (χ4n) is 2.51. The van der Waals surface area contributed by atoms with E-state index in [0.717, 1.165) is 11.4 Å². The van der Waals surface area contributed by atoms with Crippen LogP contribution in [0.3, 0.4) is 0 Å². The Hall–Kier alpha value is -3.39. The molecule has 0 heterocycles. The molecule has 0 spiro atoms.